The van der Waals surface area contributed by atoms with Crippen molar-refractivity contribution in [2.24, 2.45) is 0 Å². The van der Waals surface area contributed by atoms with E-state index in [-0.39, 0.29) is 5.56 Å². The van der Waals surface area contributed by atoms with Crippen LogP contribution in [0.15, 0.2) is 56.7 Å². The first-order valence-electron chi connectivity index (χ1n) is 7.11. The van der Waals surface area contributed by atoms with Crippen LogP contribution in [0.25, 0.3) is 11.0 Å². The number of fused-ring (bicyclic) bond motifs is 1. The van der Waals surface area contributed by atoms with Gasteiger partial charge in [0.05, 0.1) is 6.33 Å². The number of halogens is 1. The van der Waals surface area contributed by atoms with E-state index in [0.717, 1.165) is 17.4 Å². The molecule has 0 spiro atoms. The second-order valence-corrected chi connectivity index (χ2v) is 5.96. The first kappa shape index (κ1) is 15.5. The molecule has 23 heavy (non-hydrogen) atoms. The summed E-state index contributed by atoms with van der Waals surface area (Å²) in [4.78, 5) is 28.0. The molecule has 118 valence electrons. The van der Waals surface area contributed by atoms with Crippen molar-refractivity contribution in [2.75, 3.05) is 6.54 Å². The summed E-state index contributed by atoms with van der Waals surface area (Å²) in [7, 11) is 0. The first-order chi connectivity index (χ1) is 11.1. The van der Waals surface area contributed by atoms with Gasteiger partial charge in [-0.1, -0.05) is 15.9 Å². The topological polar surface area (TPSA) is 77.1 Å². The highest BCUT2D eigenvalue weighted by atomic mass is 79.9. The number of hydrogen-bond donors (Lipinski definition) is 1. The molecule has 0 saturated heterocycles. The monoisotopic (exact) mass is 375 g/mol. The summed E-state index contributed by atoms with van der Waals surface area (Å²) in [6.45, 7) is 1.21. The molecular formula is C16H14BrN3O3. The zero-order valence-electron chi connectivity index (χ0n) is 12.2. The number of carbonyl (C=O) groups is 1. The summed E-state index contributed by atoms with van der Waals surface area (Å²) in [5.41, 5.74) is -0.167. The second-order valence-electron chi connectivity index (χ2n) is 5.04. The number of aryl methyl sites for hydroxylation is 1. The zero-order valence-corrected chi connectivity index (χ0v) is 13.7. The average molecular weight is 376 g/mol. The van der Waals surface area contributed by atoms with Crippen LogP contribution >= 0.6 is 15.9 Å². The fourth-order valence-electron chi connectivity index (χ4n) is 2.23. The lowest BCUT2D eigenvalue weighted by Gasteiger charge is -2.06. The number of carbonyl (C=O) groups excluding carboxylic acids is 1. The van der Waals surface area contributed by atoms with Gasteiger partial charge in [0, 0.05) is 35.3 Å². The molecule has 3 aromatic rings. The lowest BCUT2D eigenvalue weighted by molar-refractivity contribution is 0.0949. The van der Waals surface area contributed by atoms with Gasteiger partial charge in [0.15, 0.2) is 0 Å². The van der Waals surface area contributed by atoms with Gasteiger partial charge in [-0.15, -0.1) is 0 Å². The smallest absolute Gasteiger partial charge is 0.349 e. The van der Waals surface area contributed by atoms with Gasteiger partial charge in [0.2, 0.25) is 0 Å². The van der Waals surface area contributed by atoms with E-state index in [9.17, 15) is 9.59 Å². The fraction of sp³-hybridized carbons (Fsp3) is 0.188. The van der Waals surface area contributed by atoms with Gasteiger partial charge in [0.1, 0.15) is 11.1 Å². The number of rotatable bonds is 5. The third-order valence-corrected chi connectivity index (χ3v) is 3.87. The third kappa shape index (κ3) is 3.68. The van der Waals surface area contributed by atoms with Crippen LogP contribution < -0.4 is 10.9 Å². The van der Waals surface area contributed by atoms with Crippen molar-refractivity contribution in [3.63, 3.8) is 0 Å². The Balaban J connectivity index is 1.67. The van der Waals surface area contributed by atoms with E-state index in [2.05, 4.69) is 26.2 Å². The van der Waals surface area contributed by atoms with E-state index in [1.165, 1.54) is 0 Å². The van der Waals surface area contributed by atoms with Crippen LogP contribution in [0.3, 0.4) is 0 Å². The molecule has 0 atom stereocenters. The first-order valence-corrected chi connectivity index (χ1v) is 7.90. The molecule has 6 nitrogen and oxygen atoms in total. The summed E-state index contributed by atoms with van der Waals surface area (Å²) in [5, 5.41) is 3.43. The van der Waals surface area contributed by atoms with Crippen molar-refractivity contribution < 1.29 is 9.21 Å². The Morgan fingerprint density at radius 3 is 3.00 bits per heavy atom. The van der Waals surface area contributed by atoms with Crippen LogP contribution in [0, 0.1) is 0 Å². The Bertz CT molecular complexity index is 887. The van der Waals surface area contributed by atoms with Crippen LogP contribution in [0.5, 0.6) is 0 Å². The van der Waals surface area contributed by atoms with E-state index >= 15 is 0 Å². The minimum atomic E-state index is -0.632. The molecule has 0 aliphatic carbocycles. The van der Waals surface area contributed by atoms with Crippen LogP contribution in [0.1, 0.15) is 16.8 Å². The van der Waals surface area contributed by atoms with Crippen molar-refractivity contribution >= 4 is 32.8 Å². The molecule has 0 unspecified atom stereocenters. The van der Waals surface area contributed by atoms with Crippen LogP contribution in [0.4, 0.5) is 0 Å². The molecule has 1 amide bonds. The Morgan fingerprint density at radius 2 is 2.22 bits per heavy atom. The van der Waals surface area contributed by atoms with Crippen LogP contribution in [-0.4, -0.2) is 22.0 Å². The molecule has 0 aliphatic heterocycles. The van der Waals surface area contributed by atoms with Crippen molar-refractivity contribution in [3.05, 3.63) is 63.4 Å². The number of benzene rings is 1. The highest BCUT2D eigenvalue weighted by Crippen LogP contribution is 2.19. The number of amides is 1. The van der Waals surface area contributed by atoms with Crippen LogP contribution in [0.2, 0.25) is 0 Å². The summed E-state index contributed by atoms with van der Waals surface area (Å²) in [6, 6.07) is 6.82. The Hall–Kier alpha value is -2.41. The van der Waals surface area contributed by atoms with Gasteiger partial charge >= 0.3 is 5.63 Å². The summed E-state index contributed by atoms with van der Waals surface area (Å²) < 4.78 is 7.96. The highest BCUT2D eigenvalue weighted by molar-refractivity contribution is 9.10. The quantitative estimate of drug-likeness (QED) is 0.549. The molecule has 0 aliphatic rings. The normalized spacial score (nSPS) is 10.8. The summed E-state index contributed by atoms with van der Waals surface area (Å²) >= 11 is 3.35. The summed E-state index contributed by atoms with van der Waals surface area (Å²) in [6.07, 6.45) is 6.03. The molecule has 1 aromatic carbocycles. The molecule has 0 saturated carbocycles. The van der Waals surface area contributed by atoms with Crippen molar-refractivity contribution in [1.82, 2.24) is 14.9 Å². The number of aromatic nitrogens is 2. The summed E-state index contributed by atoms with van der Waals surface area (Å²) in [5.74, 6) is -0.425. The molecule has 3 rings (SSSR count). The SMILES string of the molecule is O=C(NCCCn1ccnc1)c1cc2cc(Br)ccc2oc1=O. The predicted molar refractivity (Wildman–Crippen MR) is 89.4 cm³/mol. The van der Waals surface area contributed by atoms with Gasteiger partial charge in [0.25, 0.3) is 5.91 Å². The minimum Gasteiger partial charge on any atom is -0.422 e. The molecule has 0 radical (unpaired) electrons. The number of imidazole rings is 1. The maximum atomic E-state index is 12.2. The predicted octanol–water partition coefficient (Wildman–Crippen LogP) is 2.57. The van der Waals surface area contributed by atoms with Gasteiger partial charge < -0.3 is 14.3 Å². The van der Waals surface area contributed by atoms with E-state index < -0.39 is 11.5 Å². The fourth-order valence-corrected chi connectivity index (χ4v) is 2.61. The molecule has 0 fully saturated rings. The lowest BCUT2D eigenvalue weighted by atomic mass is 10.2. The van der Waals surface area contributed by atoms with E-state index in [0.29, 0.717) is 17.5 Å². The van der Waals surface area contributed by atoms with E-state index in [1.54, 1.807) is 36.8 Å². The minimum absolute atomic E-state index is 0.0123. The van der Waals surface area contributed by atoms with Gasteiger partial charge in [-0.2, -0.15) is 0 Å². The van der Waals surface area contributed by atoms with E-state index in [1.807, 2.05) is 10.8 Å². The third-order valence-electron chi connectivity index (χ3n) is 3.38. The largest absolute Gasteiger partial charge is 0.422 e. The lowest BCUT2D eigenvalue weighted by Crippen LogP contribution is -2.29. The molecule has 7 heteroatoms. The van der Waals surface area contributed by atoms with Crippen molar-refractivity contribution in [1.29, 1.82) is 0 Å². The number of nitrogens with zero attached hydrogens (tertiary/aromatic N) is 2. The highest BCUT2D eigenvalue weighted by Gasteiger charge is 2.13. The number of hydrogen-bond acceptors (Lipinski definition) is 4. The van der Waals surface area contributed by atoms with Gasteiger partial charge in [-0.3, -0.25) is 4.79 Å². The van der Waals surface area contributed by atoms with Gasteiger partial charge in [-0.25, -0.2) is 9.78 Å². The maximum absolute atomic E-state index is 12.2. The van der Waals surface area contributed by atoms with Crippen molar-refractivity contribution in [2.45, 2.75) is 13.0 Å². The van der Waals surface area contributed by atoms with Crippen molar-refractivity contribution in [3.8, 4) is 0 Å². The molecule has 1 N–H and O–H groups in total. The van der Waals surface area contributed by atoms with Gasteiger partial charge in [-0.05, 0) is 30.7 Å². The maximum Gasteiger partial charge on any atom is 0.349 e. The Morgan fingerprint density at radius 1 is 1.35 bits per heavy atom. The second kappa shape index (κ2) is 6.78. The standard InChI is InChI=1S/C16H14BrN3O3/c17-12-2-3-14-11(8-12)9-13(16(22)23-14)15(21)19-4-1-6-20-7-5-18-10-20/h2-3,5,7-10H,1,4,6H2,(H,19,21). The average Bonchev–Trinajstić information content (AvgIpc) is 3.04. The molecule has 2 aromatic heterocycles. The molecule has 2 heterocycles. The zero-order chi connectivity index (χ0) is 16.2. The Kier molecular flexibility index (Phi) is 4.57. The van der Waals surface area contributed by atoms with E-state index in [4.69, 9.17) is 4.42 Å². The molecular weight excluding hydrogens is 362 g/mol. The van der Waals surface area contributed by atoms with Crippen LogP contribution in [-0.2, 0) is 6.54 Å². The molecule has 0 bridgehead atoms. The number of nitrogens with one attached hydrogen (secondary N) is 1. The Labute approximate surface area is 140 Å².